The molecule has 90 valence electrons. The summed E-state index contributed by atoms with van der Waals surface area (Å²) in [5.41, 5.74) is 8.56. The van der Waals surface area contributed by atoms with E-state index in [9.17, 15) is 0 Å². The van der Waals surface area contributed by atoms with Gasteiger partial charge in [-0.2, -0.15) is 5.10 Å². The molecular weight excluding hydrogens is 325 g/mol. The fourth-order valence-electron chi connectivity index (χ4n) is 1.89. The van der Waals surface area contributed by atoms with Crippen molar-refractivity contribution in [1.82, 2.24) is 9.78 Å². The van der Waals surface area contributed by atoms with Gasteiger partial charge in [0.15, 0.2) is 0 Å². The average Bonchev–Trinajstić information content (AvgIpc) is 2.78. The molecular formula is C13H16IN3. The summed E-state index contributed by atoms with van der Waals surface area (Å²) in [6.45, 7) is 3.06. The largest absolute Gasteiger partial charge is 0.319 e. The van der Waals surface area contributed by atoms with Crippen LogP contribution >= 0.6 is 22.6 Å². The highest BCUT2D eigenvalue weighted by atomic mass is 127. The maximum Gasteiger partial charge on any atom is 0.0733 e. The van der Waals surface area contributed by atoms with Crippen molar-refractivity contribution in [3.63, 3.8) is 0 Å². The van der Waals surface area contributed by atoms with Gasteiger partial charge in [-0.3, -0.25) is 4.68 Å². The van der Waals surface area contributed by atoms with Crippen molar-refractivity contribution < 1.29 is 0 Å². The molecule has 4 heteroatoms. The summed E-state index contributed by atoms with van der Waals surface area (Å²) in [7, 11) is 0. The number of nitrogens with zero attached hydrogens (tertiary/aromatic N) is 2. The van der Waals surface area contributed by atoms with Crippen molar-refractivity contribution in [1.29, 1.82) is 0 Å². The second-order valence-electron chi connectivity index (χ2n) is 3.98. The van der Waals surface area contributed by atoms with Crippen LogP contribution in [0.25, 0.3) is 0 Å². The maximum absolute atomic E-state index is 6.33. The monoisotopic (exact) mass is 341 g/mol. The quantitative estimate of drug-likeness (QED) is 0.869. The minimum Gasteiger partial charge on any atom is -0.319 e. The Hall–Kier alpha value is -0.880. The molecule has 1 aromatic carbocycles. The molecule has 0 saturated heterocycles. The third-order valence-electron chi connectivity index (χ3n) is 2.74. The van der Waals surface area contributed by atoms with E-state index in [1.807, 2.05) is 29.1 Å². The van der Waals surface area contributed by atoms with E-state index in [4.69, 9.17) is 5.73 Å². The lowest BCUT2D eigenvalue weighted by Crippen LogP contribution is -2.18. The van der Waals surface area contributed by atoms with Crippen LogP contribution in [0.4, 0.5) is 0 Å². The highest BCUT2D eigenvalue weighted by Crippen LogP contribution is 2.23. The van der Waals surface area contributed by atoms with Crippen LogP contribution in [-0.4, -0.2) is 9.78 Å². The Kier molecular flexibility index (Phi) is 4.17. The van der Waals surface area contributed by atoms with E-state index in [2.05, 4.69) is 46.7 Å². The smallest absolute Gasteiger partial charge is 0.0733 e. The van der Waals surface area contributed by atoms with Gasteiger partial charge in [-0.15, -0.1) is 0 Å². The fraction of sp³-hybridized carbons (Fsp3) is 0.308. The van der Waals surface area contributed by atoms with E-state index in [0.29, 0.717) is 0 Å². The number of aryl methyl sites for hydroxylation is 1. The number of rotatable bonds is 4. The van der Waals surface area contributed by atoms with Gasteiger partial charge in [0.1, 0.15) is 0 Å². The highest BCUT2D eigenvalue weighted by molar-refractivity contribution is 14.1. The molecule has 17 heavy (non-hydrogen) atoms. The number of aromatic nitrogens is 2. The lowest BCUT2D eigenvalue weighted by Gasteiger charge is -2.15. The third kappa shape index (κ3) is 2.69. The summed E-state index contributed by atoms with van der Waals surface area (Å²) in [6, 6.07) is 10.1. The van der Waals surface area contributed by atoms with Gasteiger partial charge in [0.2, 0.25) is 0 Å². The predicted octanol–water partition coefficient (Wildman–Crippen LogP) is 2.95. The van der Waals surface area contributed by atoms with Crippen LogP contribution < -0.4 is 5.73 Å². The SMILES string of the molecule is CCCn1nccc1C(N)c1ccccc1I. The van der Waals surface area contributed by atoms with Crippen LogP contribution in [0.1, 0.15) is 30.6 Å². The average molecular weight is 341 g/mol. The first-order chi connectivity index (χ1) is 8.24. The Morgan fingerprint density at radius 2 is 2.12 bits per heavy atom. The Morgan fingerprint density at radius 3 is 2.82 bits per heavy atom. The van der Waals surface area contributed by atoms with E-state index >= 15 is 0 Å². The van der Waals surface area contributed by atoms with Crippen molar-refractivity contribution in [3.8, 4) is 0 Å². The second-order valence-corrected chi connectivity index (χ2v) is 5.14. The van der Waals surface area contributed by atoms with Crippen molar-refractivity contribution in [2.75, 3.05) is 0 Å². The van der Waals surface area contributed by atoms with E-state index in [1.165, 1.54) is 3.57 Å². The van der Waals surface area contributed by atoms with Crippen LogP contribution in [0.2, 0.25) is 0 Å². The van der Waals surface area contributed by atoms with Crippen molar-refractivity contribution in [3.05, 3.63) is 51.4 Å². The summed E-state index contributed by atoms with van der Waals surface area (Å²) < 4.78 is 3.19. The molecule has 2 N–H and O–H groups in total. The summed E-state index contributed by atoms with van der Waals surface area (Å²) in [4.78, 5) is 0. The summed E-state index contributed by atoms with van der Waals surface area (Å²) >= 11 is 2.32. The molecule has 2 aromatic rings. The normalized spacial score (nSPS) is 12.6. The Balaban J connectivity index is 2.34. The Labute approximate surface area is 115 Å². The molecule has 0 bridgehead atoms. The second kappa shape index (κ2) is 5.64. The summed E-state index contributed by atoms with van der Waals surface area (Å²) in [5, 5.41) is 4.32. The minimum atomic E-state index is -0.0999. The predicted molar refractivity (Wildman–Crippen MR) is 77.7 cm³/mol. The van der Waals surface area contributed by atoms with Crippen LogP contribution in [0.15, 0.2) is 36.5 Å². The zero-order chi connectivity index (χ0) is 12.3. The van der Waals surface area contributed by atoms with Crippen molar-refractivity contribution >= 4 is 22.6 Å². The van der Waals surface area contributed by atoms with Gasteiger partial charge >= 0.3 is 0 Å². The molecule has 2 rings (SSSR count). The minimum absolute atomic E-state index is 0.0999. The van der Waals surface area contributed by atoms with Gasteiger partial charge in [-0.1, -0.05) is 25.1 Å². The molecule has 0 radical (unpaired) electrons. The summed E-state index contributed by atoms with van der Waals surface area (Å²) in [6.07, 6.45) is 2.88. The number of hydrogen-bond donors (Lipinski definition) is 1. The van der Waals surface area contributed by atoms with Gasteiger partial charge in [0.05, 0.1) is 11.7 Å². The van der Waals surface area contributed by atoms with Crippen LogP contribution in [0.5, 0.6) is 0 Å². The van der Waals surface area contributed by atoms with Gasteiger partial charge in [-0.25, -0.2) is 0 Å². The Morgan fingerprint density at radius 1 is 1.35 bits per heavy atom. The number of nitrogens with two attached hydrogens (primary N) is 1. The number of benzene rings is 1. The zero-order valence-corrected chi connectivity index (χ0v) is 12.0. The summed E-state index contributed by atoms with van der Waals surface area (Å²) in [5.74, 6) is 0. The highest BCUT2D eigenvalue weighted by Gasteiger charge is 2.15. The molecule has 0 aliphatic carbocycles. The van der Waals surface area contributed by atoms with Crippen LogP contribution in [-0.2, 0) is 6.54 Å². The molecule has 0 fully saturated rings. The van der Waals surface area contributed by atoms with Gasteiger partial charge in [-0.05, 0) is 46.7 Å². The first-order valence-electron chi connectivity index (χ1n) is 5.75. The molecule has 3 nitrogen and oxygen atoms in total. The molecule has 1 atom stereocenters. The van der Waals surface area contributed by atoms with E-state index in [0.717, 1.165) is 24.2 Å². The van der Waals surface area contributed by atoms with Gasteiger partial charge < -0.3 is 5.73 Å². The van der Waals surface area contributed by atoms with E-state index in [-0.39, 0.29) is 6.04 Å². The maximum atomic E-state index is 6.33. The molecule has 0 spiro atoms. The van der Waals surface area contributed by atoms with Crippen LogP contribution in [0.3, 0.4) is 0 Å². The van der Waals surface area contributed by atoms with E-state index < -0.39 is 0 Å². The molecule has 1 unspecified atom stereocenters. The lowest BCUT2D eigenvalue weighted by atomic mass is 10.0. The zero-order valence-electron chi connectivity index (χ0n) is 9.81. The van der Waals surface area contributed by atoms with Crippen LogP contribution in [0, 0.1) is 3.57 Å². The van der Waals surface area contributed by atoms with Crippen molar-refractivity contribution in [2.45, 2.75) is 25.9 Å². The molecule has 1 aromatic heterocycles. The van der Waals surface area contributed by atoms with Gasteiger partial charge in [0.25, 0.3) is 0 Å². The number of hydrogen-bond acceptors (Lipinski definition) is 2. The molecule has 0 aliphatic rings. The van der Waals surface area contributed by atoms with Crippen molar-refractivity contribution in [2.24, 2.45) is 5.73 Å². The first-order valence-corrected chi connectivity index (χ1v) is 6.83. The fourth-order valence-corrected chi connectivity index (χ4v) is 2.62. The lowest BCUT2D eigenvalue weighted by molar-refractivity contribution is 0.559. The van der Waals surface area contributed by atoms with E-state index in [1.54, 1.807) is 0 Å². The third-order valence-corrected chi connectivity index (χ3v) is 3.73. The molecule has 0 saturated carbocycles. The topological polar surface area (TPSA) is 43.8 Å². The first kappa shape index (κ1) is 12.6. The molecule has 0 aliphatic heterocycles. The number of halogens is 1. The Bertz CT molecular complexity index is 493. The molecule has 0 amide bonds. The van der Waals surface area contributed by atoms with Gasteiger partial charge in [0, 0.05) is 16.3 Å². The molecule has 1 heterocycles. The standard InChI is InChI=1S/C13H16IN3/c1-2-9-17-12(7-8-16-17)13(15)10-5-3-4-6-11(10)14/h3-8,13H,2,9,15H2,1H3.